The van der Waals surface area contributed by atoms with Crippen LogP contribution in [-0.2, 0) is 10.2 Å². The van der Waals surface area contributed by atoms with Crippen LogP contribution in [0.2, 0.25) is 0 Å². The van der Waals surface area contributed by atoms with E-state index in [1.165, 1.54) is 15.6 Å². The van der Waals surface area contributed by atoms with Crippen molar-refractivity contribution >= 4 is 21.5 Å². The number of hydrogen-bond acceptors (Lipinski definition) is 4. The van der Waals surface area contributed by atoms with E-state index in [0.29, 0.717) is 13.1 Å². The molecule has 1 atom stereocenters. The lowest BCUT2D eigenvalue weighted by Crippen LogP contribution is -2.40. The van der Waals surface area contributed by atoms with E-state index in [2.05, 4.69) is 9.71 Å². The first kappa shape index (κ1) is 12.9. The molecular weight excluding hydrogens is 258 g/mol. The van der Waals surface area contributed by atoms with Crippen LogP contribution in [0.25, 0.3) is 0 Å². The molecule has 1 saturated heterocycles. The van der Waals surface area contributed by atoms with Gasteiger partial charge in [-0.3, -0.25) is 0 Å². The summed E-state index contributed by atoms with van der Waals surface area (Å²) in [5, 5.41) is 2.85. The third kappa shape index (κ3) is 3.04. The maximum absolute atomic E-state index is 12.0. The smallest absolute Gasteiger partial charge is 0.245 e. The number of nitrogens with one attached hydrogen (secondary N) is 1. The monoisotopic (exact) mass is 275 g/mol. The average Bonchev–Trinajstić information content (AvgIpc) is 2.86. The Labute approximate surface area is 106 Å². The molecule has 0 aliphatic carbocycles. The second-order valence-corrected chi connectivity index (χ2v) is 7.01. The van der Waals surface area contributed by atoms with Crippen molar-refractivity contribution in [2.75, 3.05) is 13.1 Å². The molecule has 96 valence electrons. The molecule has 2 rings (SSSR count). The highest BCUT2D eigenvalue weighted by atomic mass is 32.2. The molecule has 0 aromatic carbocycles. The highest BCUT2D eigenvalue weighted by molar-refractivity contribution is 7.87. The minimum absolute atomic E-state index is 0.273. The van der Waals surface area contributed by atoms with Gasteiger partial charge in [0.05, 0.1) is 16.7 Å². The fourth-order valence-electron chi connectivity index (χ4n) is 1.87. The first-order valence-corrected chi connectivity index (χ1v) is 8.00. The standard InChI is InChI=1S/C10H17N3O2S2/c1-8(10-7-16-9(2)11-10)12-17(14,15)13-5-3-4-6-13/h7-8,12H,3-6H2,1-2H3. The van der Waals surface area contributed by atoms with Crippen molar-refractivity contribution in [2.24, 2.45) is 0 Å². The van der Waals surface area contributed by atoms with Crippen molar-refractivity contribution in [1.29, 1.82) is 0 Å². The lowest BCUT2D eigenvalue weighted by molar-refractivity contribution is 0.456. The molecule has 17 heavy (non-hydrogen) atoms. The number of rotatable bonds is 4. The molecule has 1 aromatic rings. The fraction of sp³-hybridized carbons (Fsp3) is 0.700. The van der Waals surface area contributed by atoms with Gasteiger partial charge in [0.15, 0.2) is 0 Å². The molecule has 1 aromatic heterocycles. The minimum atomic E-state index is -3.35. The van der Waals surface area contributed by atoms with Crippen LogP contribution in [0.1, 0.15) is 36.5 Å². The molecular formula is C10H17N3O2S2. The van der Waals surface area contributed by atoms with E-state index in [1.807, 2.05) is 19.2 Å². The summed E-state index contributed by atoms with van der Waals surface area (Å²) < 4.78 is 28.2. The lowest BCUT2D eigenvalue weighted by atomic mass is 10.3. The number of thiazole rings is 1. The SMILES string of the molecule is Cc1nc(C(C)NS(=O)(=O)N2CCCC2)cs1. The number of hydrogen-bond donors (Lipinski definition) is 1. The Morgan fingerprint density at radius 1 is 1.47 bits per heavy atom. The maximum Gasteiger partial charge on any atom is 0.280 e. The Morgan fingerprint density at radius 2 is 2.12 bits per heavy atom. The topological polar surface area (TPSA) is 62.3 Å². The van der Waals surface area contributed by atoms with Crippen molar-refractivity contribution in [3.8, 4) is 0 Å². The summed E-state index contributed by atoms with van der Waals surface area (Å²) in [6.45, 7) is 4.98. The maximum atomic E-state index is 12.0. The summed E-state index contributed by atoms with van der Waals surface area (Å²) >= 11 is 1.53. The zero-order chi connectivity index (χ0) is 12.5. The molecule has 0 radical (unpaired) electrons. The third-order valence-electron chi connectivity index (χ3n) is 2.81. The van der Waals surface area contributed by atoms with Gasteiger partial charge in [0, 0.05) is 18.5 Å². The summed E-state index contributed by atoms with van der Waals surface area (Å²) in [5.41, 5.74) is 0.787. The first-order valence-electron chi connectivity index (χ1n) is 5.68. The van der Waals surface area contributed by atoms with Crippen LogP contribution >= 0.6 is 11.3 Å². The Hall–Kier alpha value is -0.500. The zero-order valence-corrected chi connectivity index (χ0v) is 11.6. The van der Waals surface area contributed by atoms with Crippen molar-refractivity contribution in [3.05, 3.63) is 16.1 Å². The van der Waals surface area contributed by atoms with Crippen molar-refractivity contribution in [2.45, 2.75) is 32.7 Å². The van der Waals surface area contributed by atoms with Crippen LogP contribution < -0.4 is 4.72 Å². The van der Waals surface area contributed by atoms with E-state index < -0.39 is 10.2 Å². The number of aryl methyl sites for hydroxylation is 1. The van der Waals surface area contributed by atoms with E-state index >= 15 is 0 Å². The van der Waals surface area contributed by atoms with Crippen LogP contribution in [-0.4, -0.2) is 30.8 Å². The highest BCUT2D eigenvalue weighted by Gasteiger charge is 2.27. The lowest BCUT2D eigenvalue weighted by Gasteiger charge is -2.19. The van der Waals surface area contributed by atoms with Gasteiger partial charge in [-0.05, 0) is 26.7 Å². The quantitative estimate of drug-likeness (QED) is 0.904. The molecule has 0 amide bonds. The molecule has 1 N–H and O–H groups in total. The number of aromatic nitrogens is 1. The molecule has 0 bridgehead atoms. The zero-order valence-electron chi connectivity index (χ0n) is 10.0. The van der Waals surface area contributed by atoms with Gasteiger partial charge in [0.2, 0.25) is 0 Å². The molecule has 0 spiro atoms. The molecule has 5 nitrogen and oxygen atoms in total. The van der Waals surface area contributed by atoms with Crippen molar-refractivity contribution < 1.29 is 8.42 Å². The van der Waals surface area contributed by atoms with Gasteiger partial charge < -0.3 is 0 Å². The predicted molar refractivity (Wildman–Crippen MR) is 68.1 cm³/mol. The molecule has 0 saturated carbocycles. The Kier molecular flexibility index (Phi) is 3.82. The second-order valence-electron chi connectivity index (χ2n) is 4.24. The fourth-order valence-corrected chi connectivity index (χ4v) is 4.03. The minimum Gasteiger partial charge on any atom is -0.245 e. The van der Waals surface area contributed by atoms with E-state index in [4.69, 9.17) is 0 Å². The first-order chi connectivity index (χ1) is 7.99. The normalized spacial score (nSPS) is 19.6. The summed E-state index contributed by atoms with van der Waals surface area (Å²) in [6.07, 6.45) is 1.90. The summed E-state index contributed by atoms with van der Waals surface area (Å²) in [6, 6.07) is -0.273. The second kappa shape index (κ2) is 5.01. The van der Waals surface area contributed by atoms with Gasteiger partial charge in [0.1, 0.15) is 0 Å². The van der Waals surface area contributed by atoms with Gasteiger partial charge in [0.25, 0.3) is 10.2 Å². The van der Waals surface area contributed by atoms with Gasteiger partial charge >= 0.3 is 0 Å². The summed E-state index contributed by atoms with van der Waals surface area (Å²) in [5.74, 6) is 0. The summed E-state index contributed by atoms with van der Waals surface area (Å²) in [7, 11) is -3.35. The van der Waals surface area contributed by atoms with Crippen molar-refractivity contribution in [3.63, 3.8) is 0 Å². The van der Waals surface area contributed by atoms with E-state index in [-0.39, 0.29) is 6.04 Å². The molecule has 7 heteroatoms. The molecule has 1 fully saturated rings. The van der Waals surface area contributed by atoms with Crippen molar-refractivity contribution in [1.82, 2.24) is 14.0 Å². The number of nitrogens with zero attached hydrogens (tertiary/aromatic N) is 2. The van der Waals surface area contributed by atoms with Crippen LogP contribution in [0.5, 0.6) is 0 Å². The van der Waals surface area contributed by atoms with E-state index in [0.717, 1.165) is 23.5 Å². The largest absolute Gasteiger partial charge is 0.280 e. The Balaban J connectivity index is 2.05. The molecule has 1 aliphatic heterocycles. The van der Waals surface area contributed by atoms with Gasteiger partial charge in [-0.2, -0.15) is 17.4 Å². The van der Waals surface area contributed by atoms with Gasteiger partial charge in [-0.15, -0.1) is 11.3 Å². The van der Waals surface area contributed by atoms with E-state index in [9.17, 15) is 8.42 Å². The van der Waals surface area contributed by atoms with Crippen LogP contribution in [0.3, 0.4) is 0 Å². The molecule has 1 aliphatic rings. The average molecular weight is 275 g/mol. The highest BCUT2D eigenvalue weighted by Crippen LogP contribution is 2.18. The Bertz CT molecular complexity index is 477. The molecule has 2 heterocycles. The van der Waals surface area contributed by atoms with E-state index in [1.54, 1.807) is 0 Å². The van der Waals surface area contributed by atoms with Crippen LogP contribution in [0.15, 0.2) is 5.38 Å². The molecule has 1 unspecified atom stereocenters. The Morgan fingerprint density at radius 3 is 2.65 bits per heavy atom. The van der Waals surface area contributed by atoms with Crippen LogP contribution in [0, 0.1) is 6.92 Å². The van der Waals surface area contributed by atoms with Crippen LogP contribution in [0.4, 0.5) is 0 Å². The van der Waals surface area contributed by atoms with Gasteiger partial charge in [-0.1, -0.05) is 0 Å². The summed E-state index contributed by atoms with van der Waals surface area (Å²) in [4.78, 5) is 4.29. The van der Waals surface area contributed by atoms with Gasteiger partial charge in [-0.25, -0.2) is 4.98 Å². The predicted octanol–water partition coefficient (Wildman–Crippen LogP) is 1.44. The third-order valence-corrected chi connectivity index (χ3v) is 5.30.